The number of imidazole rings is 1. The number of hydrogen-bond donors (Lipinski definition) is 1. The SMILES string of the molecule is Nc1ccc(-c2nc3ccccn3c2Cl)cc1. The smallest absolute Gasteiger partial charge is 0.141 e. The van der Waals surface area contributed by atoms with Crippen LogP contribution in [0.2, 0.25) is 5.15 Å². The first-order valence-electron chi connectivity index (χ1n) is 5.24. The zero-order chi connectivity index (χ0) is 11.8. The number of pyridine rings is 1. The molecule has 0 bridgehead atoms. The predicted octanol–water partition coefficient (Wildman–Crippen LogP) is 3.24. The normalized spacial score (nSPS) is 10.9. The van der Waals surface area contributed by atoms with Crippen molar-refractivity contribution in [1.29, 1.82) is 0 Å². The first kappa shape index (κ1) is 10.2. The van der Waals surface area contributed by atoms with Crippen molar-refractivity contribution in [2.45, 2.75) is 0 Å². The molecule has 0 aliphatic rings. The van der Waals surface area contributed by atoms with Crippen LogP contribution in [-0.2, 0) is 0 Å². The molecule has 84 valence electrons. The summed E-state index contributed by atoms with van der Waals surface area (Å²) in [6.45, 7) is 0. The Morgan fingerprint density at radius 3 is 2.53 bits per heavy atom. The number of nitrogens with two attached hydrogens (primary N) is 1. The first-order chi connectivity index (χ1) is 8.25. The molecule has 0 saturated carbocycles. The lowest BCUT2D eigenvalue weighted by atomic mass is 10.1. The van der Waals surface area contributed by atoms with Crippen LogP contribution < -0.4 is 5.73 Å². The second-order valence-electron chi connectivity index (χ2n) is 3.80. The summed E-state index contributed by atoms with van der Waals surface area (Å²) in [7, 11) is 0. The fraction of sp³-hybridized carbons (Fsp3) is 0. The van der Waals surface area contributed by atoms with Crippen molar-refractivity contribution in [3.63, 3.8) is 0 Å². The summed E-state index contributed by atoms with van der Waals surface area (Å²) in [4.78, 5) is 4.50. The van der Waals surface area contributed by atoms with Gasteiger partial charge in [-0.15, -0.1) is 0 Å². The van der Waals surface area contributed by atoms with Crippen LogP contribution in [-0.4, -0.2) is 9.38 Å². The average molecular weight is 244 g/mol. The van der Waals surface area contributed by atoms with E-state index >= 15 is 0 Å². The lowest BCUT2D eigenvalue weighted by Gasteiger charge is -1.98. The molecule has 0 aliphatic heterocycles. The molecule has 0 fully saturated rings. The number of rotatable bonds is 1. The van der Waals surface area contributed by atoms with Crippen molar-refractivity contribution in [3.8, 4) is 11.3 Å². The lowest BCUT2D eigenvalue weighted by Crippen LogP contribution is -1.84. The Labute approximate surface area is 103 Å². The summed E-state index contributed by atoms with van der Waals surface area (Å²) in [5, 5.41) is 0.616. The van der Waals surface area contributed by atoms with Crippen LogP contribution in [0.25, 0.3) is 16.9 Å². The van der Waals surface area contributed by atoms with Crippen molar-refractivity contribution in [1.82, 2.24) is 9.38 Å². The van der Waals surface area contributed by atoms with Gasteiger partial charge in [0.25, 0.3) is 0 Å². The predicted molar refractivity (Wildman–Crippen MR) is 70.1 cm³/mol. The lowest BCUT2D eigenvalue weighted by molar-refractivity contribution is 1.19. The molecule has 3 rings (SSSR count). The molecule has 0 atom stereocenters. The summed E-state index contributed by atoms with van der Waals surface area (Å²) in [5.74, 6) is 0. The molecule has 0 unspecified atom stereocenters. The third-order valence-electron chi connectivity index (χ3n) is 2.66. The topological polar surface area (TPSA) is 43.3 Å². The molecule has 1 aromatic carbocycles. The summed E-state index contributed by atoms with van der Waals surface area (Å²) < 4.78 is 1.85. The zero-order valence-electron chi connectivity index (χ0n) is 8.97. The van der Waals surface area contributed by atoms with E-state index in [4.69, 9.17) is 17.3 Å². The quantitative estimate of drug-likeness (QED) is 0.667. The maximum absolute atomic E-state index is 6.30. The van der Waals surface area contributed by atoms with Crippen molar-refractivity contribution in [3.05, 3.63) is 53.8 Å². The molecule has 0 aliphatic carbocycles. The molecular formula is C13H10ClN3. The first-order valence-corrected chi connectivity index (χ1v) is 5.62. The maximum Gasteiger partial charge on any atom is 0.141 e. The van der Waals surface area contributed by atoms with E-state index in [9.17, 15) is 0 Å². The van der Waals surface area contributed by atoms with E-state index in [2.05, 4.69) is 4.98 Å². The van der Waals surface area contributed by atoms with Gasteiger partial charge in [-0.2, -0.15) is 0 Å². The van der Waals surface area contributed by atoms with Gasteiger partial charge in [0.15, 0.2) is 0 Å². The highest BCUT2D eigenvalue weighted by molar-refractivity contribution is 6.32. The van der Waals surface area contributed by atoms with E-state index in [1.165, 1.54) is 0 Å². The van der Waals surface area contributed by atoms with E-state index in [1.54, 1.807) is 0 Å². The van der Waals surface area contributed by atoms with Gasteiger partial charge in [0.1, 0.15) is 16.5 Å². The standard InChI is InChI=1S/C13H10ClN3/c14-13-12(9-4-6-10(15)7-5-9)16-11-3-1-2-8-17(11)13/h1-8H,15H2. The second-order valence-corrected chi connectivity index (χ2v) is 4.16. The fourth-order valence-electron chi connectivity index (χ4n) is 1.79. The summed E-state index contributed by atoms with van der Waals surface area (Å²) in [5.41, 5.74) is 8.97. The van der Waals surface area contributed by atoms with Crippen molar-refractivity contribution in [2.24, 2.45) is 0 Å². The molecule has 3 aromatic rings. The second kappa shape index (κ2) is 3.79. The van der Waals surface area contributed by atoms with Crippen LogP contribution in [0.1, 0.15) is 0 Å². The average Bonchev–Trinajstić information content (AvgIpc) is 2.69. The molecule has 0 amide bonds. The van der Waals surface area contributed by atoms with Crippen LogP contribution in [0, 0.1) is 0 Å². The number of aromatic nitrogens is 2. The van der Waals surface area contributed by atoms with Crippen molar-refractivity contribution in [2.75, 3.05) is 5.73 Å². The van der Waals surface area contributed by atoms with Gasteiger partial charge < -0.3 is 5.73 Å². The number of fused-ring (bicyclic) bond motifs is 1. The molecule has 0 spiro atoms. The number of nitrogen functional groups attached to an aromatic ring is 1. The Balaban J connectivity index is 2.24. The minimum absolute atomic E-state index is 0.616. The maximum atomic E-state index is 6.30. The number of benzene rings is 1. The van der Waals surface area contributed by atoms with Crippen LogP contribution in [0.5, 0.6) is 0 Å². The van der Waals surface area contributed by atoms with Gasteiger partial charge in [-0.1, -0.05) is 29.8 Å². The van der Waals surface area contributed by atoms with Crippen LogP contribution >= 0.6 is 11.6 Å². The van der Waals surface area contributed by atoms with Crippen LogP contribution in [0.3, 0.4) is 0 Å². The number of halogens is 1. The van der Waals surface area contributed by atoms with Gasteiger partial charge in [0, 0.05) is 17.4 Å². The van der Waals surface area contributed by atoms with E-state index in [0.29, 0.717) is 5.15 Å². The highest BCUT2D eigenvalue weighted by Gasteiger charge is 2.10. The van der Waals surface area contributed by atoms with E-state index < -0.39 is 0 Å². The summed E-state index contributed by atoms with van der Waals surface area (Å²) >= 11 is 6.30. The van der Waals surface area contributed by atoms with Gasteiger partial charge >= 0.3 is 0 Å². The van der Waals surface area contributed by atoms with Gasteiger partial charge in [-0.05, 0) is 24.3 Å². The van der Waals surface area contributed by atoms with E-state index in [-0.39, 0.29) is 0 Å². The molecule has 2 N–H and O–H groups in total. The summed E-state index contributed by atoms with van der Waals surface area (Å²) in [6.07, 6.45) is 1.89. The Morgan fingerprint density at radius 1 is 1.06 bits per heavy atom. The molecule has 3 nitrogen and oxygen atoms in total. The van der Waals surface area contributed by atoms with Crippen LogP contribution in [0.15, 0.2) is 48.7 Å². The molecule has 17 heavy (non-hydrogen) atoms. The number of hydrogen-bond acceptors (Lipinski definition) is 2. The Bertz CT molecular complexity index is 671. The van der Waals surface area contributed by atoms with Crippen molar-refractivity contribution < 1.29 is 0 Å². The molecule has 0 radical (unpaired) electrons. The molecule has 2 aromatic heterocycles. The number of nitrogens with zero attached hydrogens (tertiary/aromatic N) is 2. The third kappa shape index (κ3) is 1.65. The minimum Gasteiger partial charge on any atom is -0.399 e. The largest absolute Gasteiger partial charge is 0.399 e. The zero-order valence-corrected chi connectivity index (χ0v) is 9.72. The Hall–Kier alpha value is -2.00. The third-order valence-corrected chi connectivity index (χ3v) is 3.02. The van der Waals surface area contributed by atoms with Crippen molar-refractivity contribution >= 4 is 22.9 Å². The highest BCUT2D eigenvalue weighted by atomic mass is 35.5. The number of anilines is 1. The molecule has 0 saturated heterocycles. The minimum atomic E-state index is 0.616. The Morgan fingerprint density at radius 2 is 1.82 bits per heavy atom. The highest BCUT2D eigenvalue weighted by Crippen LogP contribution is 2.28. The molecule has 4 heteroatoms. The van der Waals surface area contributed by atoms with Gasteiger partial charge in [-0.3, -0.25) is 4.40 Å². The summed E-state index contributed by atoms with van der Waals surface area (Å²) in [6, 6.07) is 13.3. The monoisotopic (exact) mass is 243 g/mol. The van der Waals surface area contributed by atoms with Gasteiger partial charge in [0.2, 0.25) is 0 Å². The van der Waals surface area contributed by atoms with Gasteiger partial charge in [-0.25, -0.2) is 4.98 Å². The molecular weight excluding hydrogens is 234 g/mol. The Kier molecular flexibility index (Phi) is 2.27. The van der Waals surface area contributed by atoms with Crippen LogP contribution in [0.4, 0.5) is 5.69 Å². The molecule has 2 heterocycles. The van der Waals surface area contributed by atoms with E-state index in [1.807, 2.05) is 53.1 Å². The van der Waals surface area contributed by atoms with E-state index in [0.717, 1.165) is 22.6 Å². The fourth-order valence-corrected chi connectivity index (χ4v) is 2.08. The van der Waals surface area contributed by atoms with Gasteiger partial charge in [0.05, 0.1) is 0 Å².